The molecule has 1 N–H and O–H groups in total. The molecule has 26 heavy (non-hydrogen) atoms. The van der Waals surface area contributed by atoms with E-state index in [1.165, 1.54) is 23.1 Å². The highest BCUT2D eigenvalue weighted by Crippen LogP contribution is 2.28. The van der Waals surface area contributed by atoms with Gasteiger partial charge in [-0.15, -0.1) is 13.2 Å². The minimum atomic E-state index is -4.79. The van der Waals surface area contributed by atoms with Crippen LogP contribution in [0.15, 0.2) is 36.7 Å². The van der Waals surface area contributed by atoms with Gasteiger partial charge in [-0.25, -0.2) is 9.97 Å². The molecule has 0 spiro atoms. The first-order chi connectivity index (χ1) is 12.3. The lowest BCUT2D eigenvalue weighted by atomic mass is 10.1. The van der Waals surface area contributed by atoms with E-state index in [0.29, 0.717) is 5.56 Å². The van der Waals surface area contributed by atoms with Crippen LogP contribution in [0.25, 0.3) is 0 Å². The Morgan fingerprint density at radius 1 is 1.31 bits per heavy atom. The Balaban J connectivity index is 1.73. The van der Waals surface area contributed by atoms with Gasteiger partial charge in [0, 0.05) is 6.54 Å². The van der Waals surface area contributed by atoms with Gasteiger partial charge in [0.15, 0.2) is 5.75 Å². The normalized spacial score (nSPS) is 17.8. The molecule has 7 nitrogen and oxygen atoms in total. The molecule has 1 aromatic carbocycles. The number of halogens is 3. The monoisotopic (exact) mass is 369 g/mol. The zero-order valence-corrected chi connectivity index (χ0v) is 13.3. The maximum atomic E-state index is 12.4. The van der Waals surface area contributed by atoms with E-state index in [4.69, 9.17) is 4.74 Å². The second-order valence-electron chi connectivity index (χ2n) is 5.50. The van der Waals surface area contributed by atoms with Crippen LogP contribution in [0.5, 0.6) is 11.5 Å². The molecule has 0 aliphatic carbocycles. The van der Waals surface area contributed by atoms with E-state index in [9.17, 15) is 23.1 Å². The van der Waals surface area contributed by atoms with Crippen LogP contribution in [0.2, 0.25) is 0 Å². The van der Waals surface area contributed by atoms with Crippen molar-refractivity contribution in [3.63, 3.8) is 0 Å². The summed E-state index contributed by atoms with van der Waals surface area (Å²) in [6, 6.07) is 5.43. The van der Waals surface area contributed by atoms with Crippen molar-refractivity contribution in [2.24, 2.45) is 0 Å². The Kier molecular flexibility index (Phi) is 4.94. The molecule has 0 saturated carbocycles. The number of morpholine rings is 1. The Labute approximate surface area is 146 Å². The molecule has 0 radical (unpaired) electrons. The third kappa shape index (κ3) is 4.39. The number of ether oxygens (including phenoxy) is 2. The van der Waals surface area contributed by atoms with Crippen molar-refractivity contribution in [2.75, 3.05) is 19.7 Å². The highest BCUT2D eigenvalue weighted by atomic mass is 19.4. The average molecular weight is 369 g/mol. The molecule has 1 aromatic heterocycles. The van der Waals surface area contributed by atoms with Gasteiger partial charge in [0.2, 0.25) is 5.82 Å². The molecule has 1 aliphatic heterocycles. The van der Waals surface area contributed by atoms with Crippen molar-refractivity contribution >= 4 is 5.91 Å². The fraction of sp³-hybridized carbons (Fsp3) is 0.312. The number of carbonyl (C=O) groups excluding carboxylic acids is 1. The first-order valence-corrected chi connectivity index (χ1v) is 7.59. The summed E-state index contributed by atoms with van der Waals surface area (Å²) in [7, 11) is 0. The molecular formula is C16H14F3N3O4. The van der Waals surface area contributed by atoms with E-state index in [1.807, 2.05) is 0 Å². The number of benzene rings is 1. The molecule has 1 saturated heterocycles. The number of carbonyl (C=O) groups is 1. The first-order valence-electron chi connectivity index (χ1n) is 7.59. The molecule has 10 heteroatoms. The van der Waals surface area contributed by atoms with Crippen LogP contribution in [0.3, 0.4) is 0 Å². The van der Waals surface area contributed by atoms with Crippen LogP contribution in [0.1, 0.15) is 22.3 Å². The van der Waals surface area contributed by atoms with Gasteiger partial charge in [-0.05, 0) is 17.7 Å². The average Bonchev–Trinajstić information content (AvgIpc) is 2.61. The van der Waals surface area contributed by atoms with Gasteiger partial charge in [0.25, 0.3) is 5.91 Å². The highest BCUT2D eigenvalue weighted by molar-refractivity contribution is 5.90. The summed E-state index contributed by atoms with van der Waals surface area (Å²) in [4.78, 5) is 21.4. The van der Waals surface area contributed by atoms with Gasteiger partial charge in [-0.1, -0.05) is 12.1 Å². The molecule has 1 aliphatic rings. The van der Waals surface area contributed by atoms with Gasteiger partial charge in [0.1, 0.15) is 11.9 Å². The second-order valence-corrected chi connectivity index (χ2v) is 5.50. The predicted octanol–water partition coefficient (Wildman–Crippen LogP) is 2.29. The zero-order chi connectivity index (χ0) is 18.7. The number of alkyl halides is 3. The summed E-state index contributed by atoms with van der Waals surface area (Å²) >= 11 is 0. The summed E-state index contributed by atoms with van der Waals surface area (Å²) in [5.41, 5.74) is 0.455. The fourth-order valence-electron chi connectivity index (χ4n) is 2.52. The molecule has 1 unspecified atom stereocenters. The van der Waals surface area contributed by atoms with Crippen LogP contribution in [-0.2, 0) is 4.74 Å². The van der Waals surface area contributed by atoms with Crippen LogP contribution in [-0.4, -0.2) is 51.9 Å². The van der Waals surface area contributed by atoms with Gasteiger partial charge in [0.05, 0.1) is 25.5 Å². The zero-order valence-electron chi connectivity index (χ0n) is 13.3. The van der Waals surface area contributed by atoms with E-state index in [0.717, 1.165) is 12.4 Å². The standard InChI is InChI=1S/C16H14F3N3O4/c17-16(18,19)26-12-3-1-2-10(6-12)13-9-22(4-5-25-13)15(24)14-20-7-11(23)8-21-14/h1-3,6-8,13,23H,4-5,9H2. The Hall–Kier alpha value is -2.88. The molecule has 1 amide bonds. The van der Waals surface area contributed by atoms with Crippen molar-refractivity contribution in [1.82, 2.24) is 14.9 Å². The number of hydrogen-bond acceptors (Lipinski definition) is 6. The first kappa shape index (κ1) is 17.9. The third-order valence-electron chi connectivity index (χ3n) is 3.65. The smallest absolute Gasteiger partial charge is 0.505 e. The SMILES string of the molecule is O=C(c1ncc(O)cn1)N1CCOC(c2cccc(OC(F)(F)F)c2)C1. The van der Waals surface area contributed by atoms with E-state index in [-0.39, 0.29) is 37.0 Å². The second kappa shape index (κ2) is 7.16. The molecule has 138 valence electrons. The van der Waals surface area contributed by atoms with Crippen molar-refractivity contribution in [3.8, 4) is 11.5 Å². The number of amides is 1. The quantitative estimate of drug-likeness (QED) is 0.894. The Bertz CT molecular complexity index is 783. The molecule has 3 rings (SSSR count). The molecule has 2 aromatic rings. The minimum absolute atomic E-state index is 0.0856. The van der Waals surface area contributed by atoms with Gasteiger partial charge in [-0.3, -0.25) is 4.79 Å². The van der Waals surface area contributed by atoms with Crippen molar-refractivity contribution in [2.45, 2.75) is 12.5 Å². The van der Waals surface area contributed by atoms with Crippen molar-refractivity contribution in [1.29, 1.82) is 0 Å². The summed E-state index contributed by atoms with van der Waals surface area (Å²) in [5, 5.41) is 9.18. The maximum absolute atomic E-state index is 12.4. The molecule has 2 heterocycles. The summed E-state index contributed by atoms with van der Waals surface area (Å²) in [5.74, 6) is -1.06. The van der Waals surface area contributed by atoms with Crippen LogP contribution in [0, 0.1) is 0 Å². The predicted molar refractivity (Wildman–Crippen MR) is 81.4 cm³/mol. The number of hydrogen-bond donors (Lipinski definition) is 1. The Morgan fingerprint density at radius 3 is 2.73 bits per heavy atom. The Morgan fingerprint density at radius 2 is 2.04 bits per heavy atom. The lowest BCUT2D eigenvalue weighted by Crippen LogP contribution is -2.42. The molecular weight excluding hydrogens is 355 g/mol. The van der Waals surface area contributed by atoms with Crippen LogP contribution in [0.4, 0.5) is 13.2 Å². The molecule has 0 bridgehead atoms. The highest BCUT2D eigenvalue weighted by Gasteiger charge is 2.32. The van der Waals surface area contributed by atoms with E-state index in [2.05, 4.69) is 14.7 Å². The lowest BCUT2D eigenvalue weighted by Gasteiger charge is -2.32. The van der Waals surface area contributed by atoms with Gasteiger partial charge in [-0.2, -0.15) is 0 Å². The summed E-state index contributed by atoms with van der Waals surface area (Å²) in [6.07, 6.45) is -3.18. The molecule has 1 atom stereocenters. The van der Waals surface area contributed by atoms with Gasteiger partial charge >= 0.3 is 6.36 Å². The van der Waals surface area contributed by atoms with Crippen molar-refractivity contribution in [3.05, 3.63) is 48.0 Å². The maximum Gasteiger partial charge on any atom is 0.573 e. The fourth-order valence-corrected chi connectivity index (χ4v) is 2.52. The number of aromatic hydroxyl groups is 1. The summed E-state index contributed by atoms with van der Waals surface area (Å²) < 4.78 is 46.6. The van der Waals surface area contributed by atoms with E-state index in [1.54, 1.807) is 6.07 Å². The number of aromatic nitrogens is 2. The van der Waals surface area contributed by atoms with Gasteiger partial charge < -0.3 is 19.5 Å². The van der Waals surface area contributed by atoms with E-state index < -0.39 is 18.4 Å². The number of rotatable bonds is 3. The molecule has 1 fully saturated rings. The van der Waals surface area contributed by atoms with E-state index >= 15 is 0 Å². The lowest BCUT2D eigenvalue weighted by molar-refractivity contribution is -0.274. The summed E-state index contributed by atoms with van der Waals surface area (Å²) in [6.45, 7) is 0.621. The largest absolute Gasteiger partial charge is 0.573 e. The van der Waals surface area contributed by atoms with Crippen molar-refractivity contribution < 1.29 is 32.5 Å². The van der Waals surface area contributed by atoms with Crippen LogP contribution >= 0.6 is 0 Å². The minimum Gasteiger partial charge on any atom is -0.505 e. The topological polar surface area (TPSA) is 84.8 Å². The third-order valence-corrected chi connectivity index (χ3v) is 3.65. The van der Waals surface area contributed by atoms with Crippen LogP contribution < -0.4 is 4.74 Å². The number of nitrogens with zero attached hydrogens (tertiary/aromatic N) is 3.